The van der Waals surface area contributed by atoms with Crippen LogP contribution in [0.5, 0.6) is 0 Å². The molecule has 8 nitrogen and oxygen atoms in total. The number of aliphatic carboxylic acids is 1. The van der Waals surface area contributed by atoms with Crippen molar-refractivity contribution in [2.24, 2.45) is 5.92 Å². The van der Waals surface area contributed by atoms with Gasteiger partial charge < -0.3 is 14.7 Å². The number of carboxylic acid groups (broad SMARTS) is 1. The molecule has 140 valence electrons. The lowest BCUT2D eigenvalue weighted by atomic mass is 10.1. The van der Waals surface area contributed by atoms with Crippen LogP contribution >= 0.6 is 0 Å². The van der Waals surface area contributed by atoms with Crippen molar-refractivity contribution in [3.8, 4) is 5.69 Å². The van der Waals surface area contributed by atoms with E-state index < -0.39 is 11.9 Å². The van der Waals surface area contributed by atoms with Crippen LogP contribution in [0.25, 0.3) is 5.69 Å². The van der Waals surface area contributed by atoms with Crippen LogP contribution in [0.4, 0.5) is 0 Å². The van der Waals surface area contributed by atoms with E-state index in [1.807, 2.05) is 37.3 Å². The van der Waals surface area contributed by atoms with Crippen LogP contribution in [0.15, 0.2) is 36.5 Å². The second kappa shape index (κ2) is 9.67. The van der Waals surface area contributed by atoms with E-state index in [9.17, 15) is 9.59 Å². The van der Waals surface area contributed by atoms with Crippen LogP contribution in [0.2, 0.25) is 0 Å². The van der Waals surface area contributed by atoms with Gasteiger partial charge in [0.05, 0.1) is 17.8 Å². The molecule has 0 aliphatic carbocycles. The maximum atomic E-state index is 12.8. The van der Waals surface area contributed by atoms with E-state index in [1.165, 1.54) is 15.9 Å². The van der Waals surface area contributed by atoms with Gasteiger partial charge in [-0.2, -0.15) is 9.90 Å². The Morgan fingerprint density at radius 2 is 2.04 bits per heavy atom. The van der Waals surface area contributed by atoms with E-state index in [-0.39, 0.29) is 18.1 Å². The number of carbonyl (C=O) groups excluding carboxylic acids is 1. The molecule has 0 fully saturated rings. The first-order chi connectivity index (χ1) is 12.5. The lowest BCUT2D eigenvalue weighted by Crippen LogP contribution is -2.38. The van der Waals surface area contributed by atoms with Gasteiger partial charge in [0.25, 0.3) is 5.91 Å². The summed E-state index contributed by atoms with van der Waals surface area (Å²) in [6.45, 7) is 5.10. The number of ether oxygens (including phenoxy) is 1. The highest BCUT2D eigenvalue weighted by molar-refractivity contribution is 5.92. The molecule has 2 rings (SSSR count). The van der Waals surface area contributed by atoms with E-state index in [2.05, 4.69) is 10.2 Å². The minimum Gasteiger partial charge on any atom is -0.481 e. The number of para-hydroxylation sites is 1. The molecule has 1 atom stereocenters. The van der Waals surface area contributed by atoms with Gasteiger partial charge in [0.1, 0.15) is 0 Å². The number of rotatable bonds is 10. The quantitative estimate of drug-likeness (QED) is 0.650. The van der Waals surface area contributed by atoms with Crippen molar-refractivity contribution in [2.75, 3.05) is 26.3 Å². The highest BCUT2D eigenvalue weighted by Gasteiger charge is 2.23. The Morgan fingerprint density at radius 3 is 2.69 bits per heavy atom. The first-order valence-corrected chi connectivity index (χ1v) is 8.60. The van der Waals surface area contributed by atoms with E-state index >= 15 is 0 Å². The maximum Gasteiger partial charge on any atom is 0.308 e. The third-order valence-corrected chi connectivity index (χ3v) is 3.82. The zero-order chi connectivity index (χ0) is 18.9. The topological polar surface area (TPSA) is 97.5 Å². The molecule has 1 heterocycles. The van der Waals surface area contributed by atoms with Gasteiger partial charge in [-0.1, -0.05) is 25.1 Å². The highest BCUT2D eigenvalue weighted by Crippen LogP contribution is 2.09. The van der Waals surface area contributed by atoms with Gasteiger partial charge in [-0.3, -0.25) is 9.59 Å². The fourth-order valence-corrected chi connectivity index (χ4v) is 2.40. The summed E-state index contributed by atoms with van der Waals surface area (Å²) in [4.78, 5) is 26.8. The second-order valence-electron chi connectivity index (χ2n) is 5.90. The third kappa shape index (κ3) is 5.38. The first kappa shape index (κ1) is 19.6. The molecule has 1 amide bonds. The number of hydrogen-bond acceptors (Lipinski definition) is 5. The van der Waals surface area contributed by atoms with Crippen molar-refractivity contribution < 1.29 is 19.4 Å². The molecular weight excluding hydrogens is 336 g/mol. The lowest BCUT2D eigenvalue weighted by Gasteiger charge is -2.23. The van der Waals surface area contributed by atoms with Crippen molar-refractivity contribution in [1.82, 2.24) is 19.9 Å². The molecule has 1 N–H and O–H groups in total. The molecule has 0 bridgehead atoms. The molecule has 0 spiro atoms. The Labute approximate surface area is 152 Å². The van der Waals surface area contributed by atoms with Crippen LogP contribution in [0.3, 0.4) is 0 Å². The molecule has 0 saturated carbocycles. The average molecular weight is 360 g/mol. The fraction of sp³-hybridized carbons (Fsp3) is 0.444. The van der Waals surface area contributed by atoms with Crippen molar-refractivity contribution in [1.29, 1.82) is 0 Å². The molecule has 2 aromatic rings. The molecule has 0 aliphatic rings. The molecule has 8 heteroatoms. The normalized spacial score (nSPS) is 11.9. The van der Waals surface area contributed by atoms with Gasteiger partial charge in [0, 0.05) is 26.3 Å². The number of nitrogens with zero attached hydrogens (tertiary/aromatic N) is 4. The third-order valence-electron chi connectivity index (χ3n) is 3.82. The van der Waals surface area contributed by atoms with Crippen molar-refractivity contribution in [3.63, 3.8) is 0 Å². The van der Waals surface area contributed by atoms with Crippen molar-refractivity contribution >= 4 is 11.9 Å². The Kier molecular flexibility index (Phi) is 7.28. The standard InChI is InChI=1S/C18H24N4O4/c1-3-26-11-7-10-21(13-14(2)18(24)25)17(23)16-12-19-22(20-16)15-8-5-4-6-9-15/h4-6,8-9,12,14H,3,7,10-11,13H2,1-2H3,(H,24,25). The van der Waals surface area contributed by atoms with Gasteiger partial charge >= 0.3 is 5.97 Å². The predicted molar refractivity (Wildman–Crippen MR) is 95.2 cm³/mol. The Morgan fingerprint density at radius 1 is 1.31 bits per heavy atom. The molecule has 0 radical (unpaired) electrons. The zero-order valence-electron chi connectivity index (χ0n) is 15.0. The van der Waals surface area contributed by atoms with Crippen LogP contribution < -0.4 is 0 Å². The summed E-state index contributed by atoms with van der Waals surface area (Å²) in [5.74, 6) is -1.95. The summed E-state index contributed by atoms with van der Waals surface area (Å²) in [5, 5.41) is 17.5. The minimum atomic E-state index is -0.944. The van der Waals surface area contributed by atoms with Crippen LogP contribution in [0.1, 0.15) is 30.8 Å². The molecule has 0 saturated heterocycles. The van der Waals surface area contributed by atoms with E-state index in [0.717, 1.165) is 5.69 Å². The number of benzene rings is 1. The molecule has 1 unspecified atom stereocenters. The maximum absolute atomic E-state index is 12.8. The molecule has 1 aromatic carbocycles. The summed E-state index contributed by atoms with van der Waals surface area (Å²) in [5.41, 5.74) is 0.927. The summed E-state index contributed by atoms with van der Waals surface area (Å²) in [7, 11) is 0. The number of carbonyl (C=O) groups is 2. The fourth-order valence-electron chi connectivity index (χ4n) is 2.40. The molecular formula is C18H24N4O4. The molecule has 1 aromatic heterocycles. The average Bonchev–Trinajstić information content (AvgIpc) is 3.14. The van der Waals surface area contributed by atoms with E-state index in [1.54, 1.807) is 6.92 Å². The summed E-state index contributed by atoms with van der Waals surface area (Å²) >= 11 is 0. The number of amides is 1. The molecule has 0 aliphatic heterocycles. The van der Waals surface area contributed by atoms with Gasteiger partial charge in [-0.15, -0.1) is 5.10 Å². The summed E-state index contributed by atoms with van der Waals surface area (Å²) < 4.78 is 5.30. The van der Waals surface area contributed by atoms with Crippen LogP contribution in [-0.2, 0) is 9.53 Å². The van der Waals surface area contributed by atoms with Gasteiger partial charge in [0.2, 0.25) is 0 Å². The lowest BCUT2D eigenvalue weighted by molar-refractivity contribution is -0.141. The van der Waals surface area contributed by atoms with Gasteiger partial charge in [0.15, 0.2) is 5.69 Å². The predicted octanol–water partition coefficient (Wildman–Crippen LogP) is 1.86. The van der Waals surface area contributed by atoms with Crippen LogP contribution in [-0.4, -0.2) is 63.2 Å². The Balaban J connectivity index is 2.11. The monoisotopic (exact) mass is 360 g/mol. The molecule has 26 heavy (non-hydrogen) atoms. The first-order valence-electron chi connectivity index (χ1n) is 8.60. The second-order valence-corrected chi connectivity index (χ2v) is 5.90. The van der Waals surface area contributed by atoms with Crippen molar-refractivity contribution in [3.05, 3.63) is 42.2 Å². The van der Waals surface area contributed by atoms with Crippen molar-refractivity contribution in [2.45, 2.75) is 20.3 Å². The summed E-state index contributed by atoms with van der Waals surface area (Å²) in [6, 6.07) is 9.26. The minimum absolute atomic E-state index is 0.110. The van der Waals surface area contributed by atoms with E-state index in [4.69, 9.17) is 9.84 Å². The largest absolute Gasteiger partial charge is 0.481 e. The van der Waals surface area contributed by atoms with Gasteiger partial charge in [-0.25, -0.2) is 0 Å². The van der Waals surface area contributed by atoms with Crippen LogP contribution in [0, 0.1) is 5.92 Å². The zero-order valence-corrected chi connectivity index (χ0v) is 15.0. The summed E-state index contributed by atoms with van der Waals surface area (Å²) in [6.07, 6.45) is 2.02. The number of carboxylic acids is 1. The highest BCUT2D eigenvalue weighted by atomic mass is 16.5. The van der Waals surface area contributed by atoms with E-state index in [0.29, 0.717) is 26.2 Å². The number of hydrogen-bond donors (Lipinski definition) is 1. The smallest absolute Gasteiger partial charge is 0.308 e. The SMILES string of the molecule is CCOCCCN(CC(C)C(=O)O)C(=O)c1cnn(-c2ccccc2)n1. The van der Waals surface area contributed by atoms with Gasteiger partial charge in [-0.05, 0) is 25.5 Å². The number of aromatic nitrogens is 3. The Hall–Kier alpha value is -2.74. The Bertz CT molecular complexity index is 717.